The molecular formula is C29H33NO8. The number of nitrogens with zero attached hydrogens (tertiary/aromatic N) is 1. The highest BCUT2D eigenvalue weighted by Crippen LogP contribution is 2.66. The standard InChI is InChI=1S/C29H33NO8/c1-28-12-11-20(31)13-19(28)7-8-21-22-9-10-23(29(22,2)14-24(32)26(21)28)25(33)16-37-27(34)18-5-3-17(4-6-18)15-38-30(35)36/h3-6,11-13,21-24,26,32H,7-10,14-16H2,1-2H3/t21-,22-,23?,24-,26+,28-,29-/m0/s1. The van der Waals surface area contributed by atoms with Gasteiger partial charge in [-0.2, -0.15) is 0 Å². The summed E-state index contributed by atoms with van der Waals surface area (Å²) in [4.78, 5) is 52.5. The summed E-state index contributed by atoms with van der Waals surface area (Å²) < 4.78 is 5.36. The predicted molar refractivity (Wildman–Crippen MR) is 135 cm³/mol. The molecule has 0 heterocycles. The summed E-state index contributed by atoms with van der Waals surface area (Å²) in [6.07, 6.45) is 8.54. The van der Waals surface area contributed by atoms with Crippen molar-refractivity contribution in [3.63, 3.8) is 0 Å². The highest BCUT2D eigenvalue weighted by atomic mass is 16.9. The smallest absolute Gasteiger partial charge is 0.338 e. The summed E-state index contributed by atoms with van der Waals surface area (Å²) in [5, 5.41) is 20.9. The molecule has 9 nitrogen and oxygen atoms in total. The lowest BCUT2D eigenvalue weighted by Crippen LogP contribution is -2.56. The molecule has 0 aromatic heterocycles. The highest BCUT2D eigenvalue weighted by Gasteiger charge is 2.62. The first-order chi connectivity index (χ1) is 18.0. The fourth-order valence-electron chi connectivity index (χ4n) is 8.04. The Morgan fingerprint density at radius 3 is 2.61 bits per heavy atom. The first kappa shape index (κ1) is 26.3. The number of hydrogen-bond acceptors (Lipinski definition) is 8. The molecule has 4 aliphatic carbocycles. The third-order valence-corrected chi connectivity index (χ3v) is 9.75. The number of ketones is 2. The van der Waals surface area contributed by atoms with Gasteiger partial charge in [-0.25, -0.2) is 4.79 Å². The molecule has 7 atom stereocenters. The van der Waals surface area contributed by atoms with Gasteiger partial charge >= 0.3 is 5.97 Å². The zero-order valence-corrected chi connectivity index (χ0v) is 21.6. The fourth-order valence-corrected chi connectivity index (χ4v) is 8.04. The summed E-state index contributed by atoms with van der Waals surface area (Å²) >= 11 is 0. The van der Waals surface area contributed by atoms with Crippen LogP contribution in [0.4, 0.5) is 0 Å². The van der Waals surface area contributed by atoms with Gasteiger partial charge in [0.1, 0.15) is 6.61 Å². The van der Waals surface area contributed by atoms with Gasteiger partial charge in [-0.15, -0.1) is 10.1 Å². The number of hydrogen-bond donors (Lipinski definition) is 1. The van der Waals surface area contributed by atoms with E-state index in [1.54, 1.807) is 12.2 Å². The number of allylic oxidation sites excluding steroid dienone is 4. The molecule has 202 valence electrons. The Kier molecular flexibility index (Phi) is 6.75. The zero-order valence-electron chi connectivity index (χ0n) is 21.6. The van der Waals surface area contributed by atoms with Gasteiger partial charge in [0.05, 0.1) is 11.7 Å². The number of aliphatic hydroxyl groups excluding tert-OH is 1. The van der Waals surface area contributed by atoms with E-state index in [1.807, 2.05) is 6.08 Å². The summed E-state index contributed by atoms with van der Waals surface area (Å²) in [6.45, 7) is 3.68. The highest BCUT2D eigenvalue weighted by molar-refractivity contribution is 6.01. The van der Waals surface area contributed by atoms with Crippen molar-refractivity contribution in [3.8, 4) is 0 Å². The van der Waals surface area contributed by atoms with Crippen LogP contribution in [0.1, 0.15) is 61.9 Å². The minimum Gasteiger partial charge on any atom is -0.454 e. The maximum absolute atomic E-state index is 13.3. The quantitative estimate of drug-likeness (QED) is 0.322. The largest absolute Gasteiger partial charge is 0.454 e. The lowest BCUT2D eigenvalue weighted by Gasteiger charge is -2.58. The maximum Gasteiger partial charge on any atom is 0.338 e. The van der Waals surface area contributed by atoms with Crippen molar-refractivity contribution < 1.29 is 34.2 Å². The Morgan fingerprint density at radius 1 is 1.16 bits per heavy atom. The van der Waals surface area contributed by atoms with Gasteiger partial charge in [0, 0.05) is 17.3 Å². The molecule has 1 unspecified atom stereocenters. The molecule has 1 aromatic carbocycles. The van der Waals surface area contributed by atoms with Gasteiger partial charge in [-0.05, 0) is 79.2 Å². The molecule has 0 aliphatic heterocycles. The van der Waals surface area contributed by atoms with E-state index < -0.39 is 17.2 Å². The van der Waals surface area contributed by atoms with E-state index in [9.17, 15) is 29.6 Å². The number of rotatable bonds is 7. The molecule has 38 heavy (non-hydrogen) atoms. The average molecular weight is 524 g/mol. The van der Waals surface area contributed by atoms with E-state index in [2.05, 4.69) is 18.7 Å². The van der Waals surface area contributed by atoms with Crippen molar-refractivity contribution in [1.29, 1.82) is 0 Å². The van der Waals surface area contributed by atoms with Crippen LogP contribution in [0.5, 0.6) is 0 Å². The van der Waals surface area contributed by atoms with Crippen LogP contribution in [0.3, 0.4) is 0 Å². The van der Waals surface area contributed by atoms with E-state index in [-0.39, 0.29) is 64.8 Å². The Bertz CT molecular complexity index is 1220. The number of ether oxygens (including phenoxy) is 1. The number of Topliss-reactive ketones (excluding diaryl/α,β-unsaturated/α-hetero) is 1. The summed E-state index contributed by atoms with van der Waals surface area (Å²) in [7, 11) is 0. The van der Waals surface area contributed by atoms with Crippen LogP contribution in [0.2, 0.25) is 0 Å². The van der Waals surface area contributed by atoms with Gasteiger partial charge in [-0.1, -0.05) is 37.6 Å². The predicted octanol–water partition coefficient (Wildman–Crippen LogP) is 4.02. The normalized spacial score (nSPS) is 35.4. The van der Waals surface area contributed by atoms with E-state index in [0.717, 1.165) is 24.8 Å². The first-order valence-electron chi connectivity index (χ1n) is 13.2. The third kappa shape index (κ3) is 4.46. The summed E-state index contributed by atoms with van der Waals surface area (Å²) in [5.41, 5.74) is 1.15. The molecule has 0 saturated heterocycles. The fraction of sp³-hybridized carbons (Fsp3) is 0.552. The van der Waals surface area contributed by atoms with Crippen LogP contribution in [-0.4, -0.2) is 40.4 Å². The molecule has 0 bridgehead atoms. The first-order valence-corrected chi connectivity index (χ1v) is 13.2. The Morgan fingerprint density at radius 2 is 1.89 bits per heavy atom. The molecule has 3 fully saturated rings. The number of aliphatic hydroxyl groups is 1. The van der Waals surface area contributed by atoms with Gasteiger partial charge in [0.2, 0.25) is 0 Å². The van der Waals surface area contributed by atoms with E-state index in [4.69, 9.17) is 4.74 Å². The van der Waals surface area contributed by atoms with Gasteiger partial charge in [0.15, 0.2) is 18.2 Å². The molecule has 0 spiro atoms. The van der Waals surface area contributed by atoms with Crippen molar-refractivity contribution in [2.75, 3.05) is 6.61 Å². The van der Waals surface area contributed by atoms with Crippen molar-refractivity contribution in [1.82, 2.24) is 0 Å². The van der Waals surface area contributed by atoms with Crippen molar-refractivity contribution in [2.24, 2.45) is 34.5 Å². The van der Waals surface area contributed by atoms with Crippen LogP contribution in [0, 0.1) is 44.6 Å². The van der Waals surface area contributed by atoms with Gasteiger partial charge in [0.25, 0.3) is 5.09 Å². The van der Waals surface area contributed by atoms with Crippen LogP contribution in [0.25, 0.3) is 0 Å². The number of carbonyl (C=O) groups excluding carboxylic acids is 3. The van der Waals surface area contributed by atoms with E-state index in [1.165, 1.54) is 24.3 Å². The summed E-state index contributed by atoms with van der Waals surface area (Å²) in [5.74, 6) is -0.522. The lowest BCUT2D eigenvalue weighted by atomic mass is 9.46. The minimum atomic E-state index is -0.884. The van der Waals surface area contributed by atoms with E-state index >= 15 is 0 Å². The second-order valence-electron chi connectivity index (χ2n) is 11.7. The molecule has 1 N–H and O–H groups in total. The van der Waals surface area contributed by atoms with Crippen molar-refractivity contribution in [2.45, 2.75) is 58.7 Å². The number of esters is 1. The molecule has 0 radical (unpaired) electrons. The number of benzene rings is 1. The minimum absolute atomic E-state index is 0.00642. The monoisotopic (exact) mass is 523 g/mol. The lowest BCUT2D eigenvalue weighted by molar-refractivity contribution is -0.763. The molecule has 3 saturated carbocycles. The molecule has 5 rings (SSSR count). The van der Waals surface area contributed by atoms with E-state index in [0.29, 0.717) is 18.4 Å². The Balaban J connectivity index is 1.24. The number of carbonyl (C=O) groups is 3. The Hall–Kier alpha value is -3.33. The third-order valence-electron chi connectivity index (χ3n) is 9.75. The number of fused-ring (bicyclic) bond motifs is 5. The molecular weight excluding hydrogens is 490 g/mol. The van der Waals surface area contributed by atoms with Gasteiger partial charge < -0.3 is 14.7 Å². The molecule has 1 aromatic rings. The zero-order chi connectivity index (χ0) is 27.2. The van der Waals surface area contributed by atoms with Crippen molar-refractivity contribution >= 4 is 17.5 Å². The topological polar surface area (TPSA) is 133 Å². The second-order valence-corrected chi connectivity index (χ2v) is 11.7. The van der Waals surface area contributed by atoms with Crippen LogP contribution >= 0.6 is 0 Å². The van der Waals surface area contributed by atoms with Crippen LogP contribution in [0.15, 0.2) is 48.1 Å². The molecule has 9 heteroatoms. The van der Waals surface area contributed by atoms with Crippen molar-refractivity contribution in [3.05, 3.63) is 69.3 Å². The molecule has 0 amide bonds. The molecule has 4 aliphatic rings. The maximum atomic E-state index is 13.3. The average Bonchev–Trinajstić information content (AvgIpc) is 3.22. The summed E-state index contributed by atoms with van der Waals surface area (Å²) in [6, 6.07) is 6.03. The Labute approximate surface area is 221 Å². The van der Waals surface area contributed by atoms with Crippen LogP contribution < -0.4 is 0 Å². The van der Waals surface area contributed by atoms with Gasteiger partial charge in [-0.3, -0.25) is 9.59 Å². The SMILES string of the molecule is C[C@]12C=CC(=O)C=C1CC[C@@H]1[C@@H]2[C@@H](O)C[C@]2(C)C(C(=O)COC(=O)c3ccc(CO[N+](=O)[O-])cc3)CC[C@@H]12. The second kappa shape index (κ2) is 9.76. The van der Waals surface area contributed by atoms with Crippen LogP contribution in [-0.2, 0) is 25.8 Å².